The van der Waals surface area contributed by atoms with Crippen LogP contribution in [0.15, 0.2) is 200 Å². The molecule has 11 rings (SSSR count). The zero-order chi connectivity index (χ0) is 40.9. The molecule has 0 bridgehead atoms. The molecule has 1 N–H and O–H groups in total. The summed E-state index contributed by atoms with van der Waals surface area (Å²) in [5.41, 5.74) is 15.2. The van der Waals surface area contributed by atoms with Gasteiger partial charge >= 0.3 is 0 Å². The van der Waals surface area contributed by atoms with Crippen molar-refractivity contribution in [3.05, 3.63) is 211 Å². The zero-order valence-electron chi connectivity index (χ0n) is 33.5. The molecule has 11 aromatic rings. The highest BCUT2D eigenvalue weighted by Crippen LogP contribution is 2.45. The Morgan fingerprint density at radius 3 is 1.92 bits per heavy atom. The van der Waals surface area contributed by atoms with E-state index >= 15 is 0 Å². The summed E-state index contributed by atoms with van der Waals surface area (Å²) in [5.74, 6) is 0.198. The summed E-state index contributed by atoms with van der Waals surface area (Å²) in [6.45, 7) is 2.81. The fraction of sp³-hybridized carbons (Fsp3) is 0.0357. The number of aromatic nitrogens is 3. The molecule has 0 aliphatic rings. The number of fused-ring (bicyclic) bond motifs is 4. The molecule has 0 aliphatic heterocycles. The highest BCUT2D eigenvalue weighted by molar-refractivity contribution is 7.25. The van der Waals surface area contributed by atoms with Crippen molar-refractivity contribution >= 4 is 42.4 Å². The Hall–Kier alpha value is -7.60. The molecule has 0 saturated carbocycles. The van der Waals surface area contributed by atoms with Crippen LogP contribution in [0.2, 0.25) is 0 Å². The number of para-hydroxylation sites is 2. The molecule has 0 unspecified atom stereocenters. The van der Waals surface area contributed by atoms with Gasteiger partial charge in [-0.05, 0) is 89.8 Å². The van der Waals surface area contributed by atoms with Gasteiger partial charge in [-0.1, -0.05) is 140 Å². The maximum absolute atomic E-state index is 10.9. The molecule has 0 aliphatic carbocycles. The lowest BCUT2D eigenvalue weighted by Gasteiger charge is -2.16. The number of thiophene rings is 1. The van der Waals surface area contributed by atoms with Crippen molar-refractivity contribution < 1.29 is 5.11 Å². The number of aryl methyl sites for hydroxylation is 1. The lowest BCUT2D eigenvalue weighted by atomic mass is 9.95. The summed E-state index contributed by atoms with van der Waals surface area (Å²) in [6.07, 6.45) is 0. The fourth-order valence-electron chi connectivity index (χ4n) is 8.80. The van der Waals surface area contributed by atoms with E-state index in [-0.39, 0.29) is 5.75 Å². The minimum atomic E-state index is 0.198. The second-order valence-electron chi connectivity index (χ2n) is 15.6. The van der Waals surface area contributed by atoms with E-state index < -0.39 is 0 Å². The molecule has 4 nitrogen and oxygen atoms in total. The van der Waals surface area contributed by atoms with Gasteiger partial charge < -0.3 is 9.67 Å². The third-order valence-corrected chi connectivity index (χ3v) is 12.7. The predicted octanol–water partition coefficient (Wildman–Crippen LogP) is 14.9. The fourth-order valence-corrected chi connectivity index (χ4v) is 9.95. The molecule has 0 fully saturated rings. The average Bonchev–Trinajstić information content (AvgIpc) is 3.84. The van der Waals surface area contributed by atoms with Crippen molar-refractivity contribution in [1.82, 2.24) is 14.5 Å². The van der Waals surface area contributed by atoms with Crippen LogP contribution in [0.3, 0.4) is 0 Å². The van der Waals surface area contributed by atoms with Crippen molar-refractivity contribution in [3.8, 4) is 73.0 Å². The van der Waals surface area contributed by atoms with Gasteiger partial charge in [0.25, 0.3) is 0 Å². The Balaban J connectivity index is 1.09. The molecule has 0 radical (unpaired) electrons. The molecule has 5 heteroatoms. The summed E-state index contributed by atoms with van der Waals surface area (Å²) in [5, 5.41) is 14.7. The van der Waals surface area contributed by atoms with Crippen molar-refractivity contribution in [2.75, 3.05) is 0 Å². The van der Waals surface area contributed by atoms with Gasteiger partial charge in [0.1, 0.15) is 5.75 Å². The van der Waals surface area contributed by atoms with Gasteiger partial charge in [-0.2, -0.15) is 0 Å². The molecule has 4 aromatic heterocycles. The van der Waals surface area contributed by atoms with E-state index in [2.05, 4.69) is 169 Å². The Morgan fingerprint density at radius 1 is 0.459 bits per heavy atom. The quantitative estimate of drug-likeness (QED) is 0.166. The van der Waals surface area contributed by atoms with Gasteiger partial charge in [-0.15, -0.1) is 11.3 Å². The molecule has 290 valence electrons. The summed E-state index contributed by atoms with van der Waals surface area (Å²) < 4.78 is 5.07. The molecular formula is C56H39N3OS. The first-order valence-corrected chi connectivity index (χ1v) is 21.4. The molecular weight excluding hydrogens is 763 g/mol. The molecule has 0 saturated heterocycles. The molecule has 0 atom stereocenters. The van der Waals surface area contributed by atoms with Gasteiger partial charge in [0.2, 0.25) is 0 Å². The monoisotopic (exact) mass is 801 g/mol. The van der Waals surface area contributed by atoms with Gasteiger partial charge in [0, 0.05) is 71.1 Å². The Kier molecular flexibility index (Phi) is 9.10. The number of nitrogens with zero attached hydrogens (tertiary/aromatic N) is 3. The zero-order valence-corrected chi connectivity index (χ0v) is 34.3. The van der Waals surface area contributed by atoms with Crippen LogP contribution < -0.4 is 0 Å². The first-order valence-electron chi connectivity index (χ1n) is 20.6. The van der Waals surface area contributed by atoms with Crippen LogP contribution in [0.4, 0.5) is 0 Å². The minimum Gasteiger partial charge on any atom is -0.507 e. The van der Waals surface area contributed by atoms with Crippen LogP contribution in [0.25, 0.3) is 98.4 Å². The van der Waals surface area contributed by atoms with Gasteiger partial charge in [-0.25, -0.2) is 4.98 Å². The number of hydrogen-bond acceptors (Lipinski definition) is 4. The smallest absolute Gasteiger partial charge is 0.124 e. The maximum Gasteiger partial charge on any atom is 0.124 e. The van der Waals surface area contributed by atoms with Gasteiger partial charge in [-0.3, -0.25) is 4.98 Å². The third-order valence-electron chi connectivity index (χ3n) is 11.6. The SMILES string of the molecule is Cc1cc(-c2c(-c3ccc4c(c3)sc3ccccc34)c3ccccc3n2Cc2ccccc2)cc(-c2cccc(-c3cc(-c4ccccc4)cc(-c4ccccc4O)n3)c2)n1. The Labute approximate surface area is 358 Å². The van der Waals surface area contributed by atoms with Crippen LogP contribution in [0.5, 0.6) is 5.75 Å². The van der Waals surface area contributed by atoms with Gasteiger partial charge in [0.05, 0.1) is 22.8 Å². The first kappa shape index (κ1) is 36.5. The van der Waals surface area contributed by atoms with E-state index in [1.54, 1.807) is 6.07 Å². The van der Waals surface area contributed by atoms with Crippen LogP contribution in [-0.4, -0.2) is 19.6 Å². The molecule has 61 heavy (non-hydrogen) atoms. The van der Waals surface area contributed by atoms with Crippen LogP contribution in [-0.2, 0) is 6.54 Å². The third kappa shape index (κ3) is 6.75. The lowest BCUT2D eigenvalue weighted by Crippen LogP contribution is -2.03. The highest BCUT2D eigenvalue weighted by Gasteiger charge is 2.23. The molecule has 0 spiro atoms. The van der Waals surface area contributed by atoms with Crippen molar-refractivity contribution in [3.63, 3.8) is 0 Å². The Morgan fingerprint density at radius 2 is 1.10 bits per heavy atom. The van der Waals surface area contributed by atoms with Crippen molar-refractivity contribution in [1.29, 1.82) is 0 Å². The number of hydrogen-bond donors (Lipinski definition) is 1. The van der Waals surface area contributed by atoms with E-state index in [0.29, 0.717) is 11.3 Å². The van der Waals surface area contributed by atoms with Crippen LogP contribution in [0.1, 0.15) is 11.3 Å². The normalized spacial score (nSPS) is 11.5. The number of benzene rings is 7. The summed E-state index contributed by atoms with van der Waals surface area (Å²) >= 11 is 1.85. The Bertz CT molecular complexity index is 3420. The lowest BCUT2D eigenvalue weighted by molar-refractivity contribution is 0.477. The van der Waals surface area contributed by atoms with E-state index in [9.17, 15) is 5.11 Å². The highest BCUT2D eigenvalue weighted by atomic mass is 32.1. The van der Waals surface area contributed by atoms with Gasteiger partial charge in [0.15, 0.2) is 0 Å². The summed E-state index contributed by atoms with van der Waals surface area (Å²) in [6, 6.07) is 70.1. The number of phenolic OH excluding ortho intramolecular Hbond substituents is 1. The summed E-state index contributed by atoms with van der Waals surface area (Å²) in [4.78, 5) is 10.3. The summed E-state index contributed by atoms with van der Waals surface area (Å²) in [7, 11) is 0. The topological polar surface area (TPSA) is 50.9 Å². The van der Waals surface area contributed by atoms with E-state index in [1.165, 1.54) is 47.8 Å². The largest absolute Gasteiger partial charge is 0.507 e. The maximum atomic E-state index is 10.9. The van der Waals surface area contributed by atoms with E-state index in [0.717, 1.165) is 57.1 Å². The first-order chi connectivity index (χ1) is 30.0. The van der Waals surface area contributed by atoms with Crippen LogP contribution >= 0.6 is 11.3 Å². The minimum absolute atomic E-state index is 0.198. The van der Waals surface area contributed by atoms with Crippen LogP contribution in [0, 0.1) is 6.92 Å². The van der Waals surface area contributed by atoms with Crippen molar-refractivity contribution in [2.24, 2.45) is 0 Å². The number of phenols is 1. The molecule has 4 heterocycles. The average molecular weight is 802 g/mol. The molecule has 0 amide bonds. The molecule has 7 aromatic carbocycles. The standard InChI is InChI=1S/C56H39N3OS/c1-36-29-43(33-48(57-36)39-19-14-20-40(30-39)49-31-42(38-17-6-3-7-18-38)32-50(58-49)46-22-9-12-25-52(46)60)56-55(41-27-28-45-44-21-10-13-26-53(44)61-54(45)34-41)47-23-8-11-24-51(47)59(56)35-37-15-4-2-5-16-37/h2-34,60H,35H2,1H3. The predicted molar refractivity (Wildman–Crippen MR) is 255 cm³/mol. The van der Waals surface area contributed by atoms with E-state index in [4.69, 9.17) is 9.97 Å². The number of aromatic hydroxyl groups is 1. The van der Waals surface area contributed by atoms with E-state index in [1.807, 2.05) is 47.7 Å². The van der Waals surface area contributed by atoms with Crippen molar-refractivity contribution in [2.45, 2.75) is 13.5 Å². The second kappa shape index (κ2) is 15.2. The number of pyridine rings is 2. The second-order valence-corrected chi connectivity index (χ2v) is 16.7. The number of rotatable bonds is 8.